The standard InChI is InChI=1S/C15H17BrN4O2S/c1-9-3-7-12(8-4-9)23(21,22)20(17)15-13(16)10(2)18-14(19-15)11-5-6-11/h3-4,7-8,11H,5-6,17H2,1-2H3. The van der Waals surface area contributed by atoms with E-state index in [9.17, 15) is 8.42 Å². The first-order valence-electron chi connectivity index (χ1n) is 7.21. The highest BCUT2D eigenvalue weighted by Crippen LogP contribution is 2.40. The molecule has 23 heavy (non-hydrogen) atoms. The fraction of sp³-hybridized carbons (Fsp3) is 0.333. The van der Waals surface area contributed by atoms with Gasteiger partial charge in [0, 0.05) is 5.92 Å². The van der Waals surface area contributed by atoms with Gasteiger partial charge in [0.25, 0.3) is 10.0 Å². The number of sulfonamides is 1. The highest BCUT2D eigenvalue weighted by molar-refractivity contribution is 9.10. The van der Waals surface area contributed by atoms with Crippen LogP contribution >= 0.6 is 15.9 Å². The molecule has 0 saturated heterocycles. The molecule has 0 spiro atoms. The second-order valence-corrected chi connectivity index (χ2v) is 8.30. The van der Waals surface area contributed by atoms with Crippen molar-refractivity contribution in [2.75, 3.05) is 4.41 Å². The molecule has 0 unspecified atom stereocenters. The number of rotatable bonds is 4. The van der Waals surface area contributed by atoms with Gasteiger partial charge in [0.15, 0.2) is 5.82 Å². The summed E-state index contributed by atoms with van der Waals surface area (Å²) in [4.78, 5) is 8.90. The van der Waals surface area contributed by atoms with Crippen molar-refractivity contribution in [2.45, 2.75) is 37.5 Å². The third-order valence-electron chi connectivity index (χ3n) is 3.75. The van der Waals surface area contributed by atoms with E-state index in [1.54, 1.807) is 19.1 Å². The van der Waals surface area contributed by atoms with Crippen LogP contribution in [-0.2, 0) is 10.0 Å². The second-order valence-electron chi connectivity index (χ2n) is 5.69. The Morgan fingerprint density at radius 3 is 2.35 bits per heavy atom. The first-order valence-corrected chi connectivity index (χ1v) is 9.44. The number of nitrogens with zero attached hydrogens (tertiary/aromatic N) is 3. The van der Waals surface area contributed by atoms with E-state index in [1.165, 1.54) is 12.1 Å². The number of aromatic nitrogens is 2. The van der Waals surface area contributed by atoms with Crippen LogP contribution in [0, 0.1) is 13.8 Å². The first kappa shape index (κ1) is 16.4. The van der Waals surface area contributed by atoms with E-state index >= 15 is 0 Å². The van der Waals surface area contributed by atoms with E-state index in [2.05, 4.69) is 25.9 Å². The number of hydrogen-bond acceptors (Lipinski definition) is 5. The van der Waals surface area contributed by atoms with E-state index in [0.717, 1.165) is 22.8 Å². The van der Waals surface area contributed by atoms with Gasteiger partial charge in [0.2, 0.25) is 0 Å². The average Bonchev–Trinajstić information content (AvgIpc) is 3.34. The molecule has 0 atom stereocenters. The van der Waals surface area contributed by atoms with Crippen LogP contribution in [0.15, 0.2) is 33.6 Å². The lowest BCUT2D eigenvalue weighted by atomic mass is 10.2. The van der Waals surface area contributed by atoms with Gasteiger partial charge in [-0.3, -0.25) is 0 Å². The maximum absolute atomic E-state index is 12.7. The van der Waals surface area contributed by atoms with Crippen LogP contribution in [0.1, 0.15) is 35.8 Å². The molecule has 8 heteroatoms. The number of anilines is 1. The summed E-state index contributed by atoms with van der Waals surface area (Å²) in [6.45, 7) is 3.69. The molecule has 2 N–H and O–H groups in total. The molecule has 0 radical (unpaired) electrons. The van der Waals surface area contributed by atoms with Crippen LogP contribution < -0.4 is 10.3 Å². The molecule has 0 amide bonds. The van der Waals surface area contributed by atoms with Crippen molar-refractivity contribution in [3.8, 4) is 0 Å². The lowest BCUT2D eigenvalue weighted by Gasteiger charge is -2.20. The van der Waals surface area contributed by atoms with Crippen molar-refractivity contribution in [2.24, 2.45) is 5.84 Å². The lowest BCUT2D eigenvalue weighted by Crippen LogP contribution is -2.38. The van der Waals surface area contributed by atoms with E-state index in [-0.39, 0.29) is 10.7 Å². The summed E-state index contributed by atoms with van der Waals surface area (Å²) in [7, 11) is -3.88. The van der Waals surface area contributed by atoms with Crippen LogP contribution in [-0.4, -0.2) is 18.4 Å². The number of hydrogen-bond donors (Lipinski definition) is 1. The zero-order valence-electron chi connectivity index (χ0n) is 12.8. The summed E-state index contributed by atoms with van der Waals surface area (Å²) in [5.41, 5.74) is 1.65. The molecule has 1 heterocycles. The topological polar surface area (TPSA) is 89.2 Å². The third kappa shape index (κ3) is 3.11. The maximum atomic E-state index is 12.7. The van der Waals surface area contributed by atoms with Crippen molar-refractivity contribution < 1.29 is 8.42 Å². The molecule has 1 saturated carbocycles. The second kappa shape index (κ2) is 5.85. The zero-order valence-corrected chi connectivity index (χ0v) is 15.2. The third-order valence-corrected chi connectivity index (χ3v) is 6.23. The fourth-order valence-electron chi connectivity index (χ4n) is 2.17. The summed E-state index contributed by atoms with van der Waals surface area (Å²) in [5, 5.41) is 0. The quantitative estimate of drug-likeness (QED) is 0.633. The Morgan fingerprint density at radius 1 is 1.17 bits per heavy atom. The molecule has 6 nitrogen and oxygen atoms in total. The molecule has 0 aliphatic heterocycles. The van der Waals surface area contributed by atoms with Gasteiger partial charge < -0.3 is 0 Å². The number of halogens is 1. The van der Waals surface area contributed by atoms with Gasteiger partial charge in [0.1, 0.15) is 5.82 Å². The molecule has 1 aromatic carbocycles. The van der Waals surface area contributed by atoms with E-state index < -0.39 is 10.0 Å². The Hall–Kier alpha value is -1.51. The molecule has 1 aliphatic rings. The first-order chi connectivity index (χ1) is 10.8. The number of nitrogens with two attached hydrogens (primary N) is 1. The Kier molecular flexibility index (Phi) is 4.16. The van der Waals surface area contributed by atoms with Crippen LogP contribution in [0.3, 0.4) is 0 Å². The predicted octanol–water partition coefficient (Wildman–Crippen LogP) is 2.80. The summed E-state index contributed by atoms with van der Waals surface area (Å²) in [6.07, 6.45) is 2.05. The number of benzene rings is 1. The van der Waals surface area contributed by atoms with Crippen LogP contribution in [0.2, 0.25) is 0 Å². The van der Waals surface area contributed by atoms with E-state index in [1.807, 2.05) is 6.92 Å². The van der Waals surface area contributed by atoms with Gasteiger partial charge in [-0.1, -0.05) is 17.7 Å². The van der Waals surface area contributed by atoms with Crippen LogP contribution in [0.5, 0.6) is 0 Å². The summed E-state index contributed by atoms with van der Waals surface area (Å²) < 4.78 is 26.7. The highest BCUT2D eigenvalue weighted by atomic mass is 79.9. The van der Waals surface area contributed by atoms with Gasteiger partial charge in [0.05, 0.1) is 15.1 Å². The number of hydrazine groups is 1. The minimum Gasteiger partial charge on any atom is -0.237 e. The van der Waals surface area contributed by atoms with E-state index in [0.29, 0.717) is 21.9 Å². The molecule has 3 rings (SSSR count). The van der Waals surface area contributed by atoms with Gasteiger partial charge >= 0.3 is 0 Å². The predicted molar refractivity (Wildman–Crippen MR) is 91.5 cm³/mol. The molecule has 1 aliphatic carbocycles. The molecule has 122 valence electrons. The smallest absolute Gasteiger partial charge is 0.237 e. The maximum Gasteiger partial charge on any atom is 0.279 e. The highest BCUT2D eigenvalue weighted by Gasteiger charge is 2.31. The Morgan fingerprint density at radius 2 is 1.78 bits per heavy atom. The minimum atomic E-state index is -3.88. The lowest BCUT2D eigenvalue weighted by molar-refractivity contribution is 0.591. The van der Waals surface area contributed by atoms with Crippen molar-refractivity contribution >= 4 is 31.8 Å². The zero-order chi connectivity index (χ0) is 16.8. The molecular weight excluding hydrogens is 380 g/mol. The molecular formula is C15H17BrN4O2S. The fourth-order valence-corrected chi connectivity index (χ4v) is 3.73. The molecule has 1 aromatic heterocycles. The number of aryl methyl sites for hydroxylation is 2. The van der Waals surface area contributed by atoms with Crippen LogP contribution in [0.25, 0.3) is 0 Å². The SMILES string of the molecule is Cc1ccc(S(=O)(=O)N(N)c2nc(C3CC3)nc(C)c2Br)cc1. The normalized spacial score (nSPS) is 14.8. The van der Waals surface area contributed by atoms with Crippen molar-refractivity contribution in [3.63, 3.8) is 0 Å². The minimum absolute atomic E-state index is 0.127. The Labute approximate surface area is 143 Å². The molecule has 2 aromatic rings. The van der Waals surface area contributed by atoms with Gasteiger partial charge in [-0.05, 0) is 54.8 Å². The van der Waals surface area contributed by atoms with Gasteiger partial charge in [-0.2, -0.15) is 12.8 Å². The molecule has 1 fully saturated rings. The van der Waals surface area contributed by atoms with Crippen molar-refractivity contribution in [1.29, 1.82) is 0 Å². The summed E-state index contributed by atoms with van der Waals surface area (Å²) >= 11 is 3.35. The average molecular weight is 397 g/mol. The van der Waals surface area contributed by atoms with Crippen molar-refractivity contribution in [3.05, 3.63) is 45.8 Å². The van der Waals surface area contributed by atoms with E-state index in [4.69, 9.17) is 5.84 Å². The summed E-state index contributed by atoms with van der Waals surface area (Å²) in [6, 6.07) is 6.54. The summed E-state index contributed by atoms with van der Waals surface area (Å²) in [5.74, 6) is 7.04. The molecule has 0 bridgehead atoms. The van der Waals surface area contributed by atoms with Crippen LogP contribution in [0.4, 0.5) is 5.82 Å². The Balaban J connectivity index is 2.05. The Bertz CT molecular complexity index is 849. The van der Waals surface area contributed by atoms with Gasteiger partial charge in [-0.25, -0.2) is 15.8 Å². The van der Waals surface area contributed by atoms with Gasteiger partial charge in [-0.15, -0.1) is 0 Å². The monoisotopic (exact) mass is 396 g/mol. The largest absolute Gasteiger partial charge is 0.279 e. The van der Waals surface area contributed by atoms with Crippen molar-refractivity contribution in [1.82, 2.24) is 9.97 Å².